The standard InChI is InChI=1S/C21H20Cl2N2O5S/c1-12-19(24-21(26)29-13(2)15-6-4-5-7-17(15)22)20(30-25-12)16-9-8-14(10-18(16)23)11-31(3,27)28/h4-10,13H,11H2,1-3H3,(H,24,26). The minimum absolute atomic E-state index is 0.139. The summed E-state index contributed by atoms with van der Waals surface area (Å²) in [4.78, 5) is 12.5. The maximum Gasteiger partial charge on any atom is 0.412 e. The summed E-state index contributed by atoms with van der Waals surface area (Å²) in [6.45, 7) is 3.37. The number of rotatable bonds is 6. The summed E-state index contributed by atoms with van der Waals surface area (Å²) < 4.78 is 33.8. The van der Waals surface area contributed by atoms with Crippen molar-refractivity contribution in [2.75, 3.05) is 11.6 Å². The van der Waals surface area contributed by atoms with E-state index in [1.54, 1.807) is 50.2 Å². The zero-order valence-electron chi connectivity index (χ0n) is 17.0. The lowest BCUT2D eigenvalue weighted by Gasteiger charge is -2.15. The minimum atomic E-state index is -3.21. The number of carbonyl (C=O) groups is 1. The van der Waals surface area contributed by atoms with E-state index >= 15 is 0 Å². The molecule has 1 aromatic heterocycles. The van der Waals surface area contributed by atoms with Gasteiger partial charge in [-0.05, 0) is 37.6 Å². The van der Waals surface area contributed by atoms with E-state index in [1.807, 2.05) is 0 Å². The number of amides is 1. The molecule has 1 atom stereocenters. The Morgan fingerprint density at radius 2 is 1.90 bits per heavy atom. The number of halogens is 2. The highest BCUT2D eigenvalue weighted by Gasteiger charge is 2.22. The summed E-state index contributed by atoms with van der Waals surface area (Å²) in [6, 6.07) is 11.9. The third-order valence-electron chi connectivity index (χ3n) is 4.42. The summed E-state index contributed by atoms with van der Waals surface area (Å²) in [6.07, 6.45) is -0.160. The molecule has 0 spiro atoms. The molecule has 0 bridgehead atoms. The molecule has 0 radical (unpaired) electrons. The molecule has 1 N–H and O–H groups in total. The van der Waals surface area contributed by atoms with E-state index in [0.29, 0.717) is 33.1 Å². The highest BCUT2D eigenvalue weighted by molar-refractivity contribution is 7.89. The first-order valence-electron chi connectivity index (χ1n) is 9.20. The van der Waals surface area contributed by atoms with E-state index in [9.17, 15) is 13.2 Å². The largest absolute Gasteiger partial charge is 0.441 e. The van der Waals surface area contributed by atoms with Crippen molar-refractivity contribution < 1.29 is 22.5 Å². The number of nitrogens with zero attached hydrogens (tertiary/aromatic N) is 1. The fraction of sp³-hybridized carbons (Fsp3) is 0.238. The minimum Gasteiger partial charge on any atom is -0.441 e. The lowest BCUT2D eigenvalue weighted by Crippen LogP contribution is -2.17. The predicted octanol–water partition coefficient (Wildman–Crippen LogP) is 5.81. The first-order chi connectivity index (χ1) is 14.5. The maximum atomic E-state index is 12.5. The number of nitrogens with one attached hydrogen (secondary N) is 1. The summed E-state index contributed by atoms with van der Waals surface area (Å²) in [5.74, 6) is 0.0931. The van der Waals surface area contributed by atoms with Crippen LogP contribution in [0.2, 0.25) is 10.0 Å². The SMILES string of the molecule is Cc1noc(-c2ccc(CS(C)(=O)=O)cc2Cl)c1NC(=O)OC(C)c1ccccc1Cl. The average molecular weight is 483 g/mol. The van der Waals surface area contributed by atoms with Crippen LogP contribution in [0.3, 0.4) is 0 Å². The highest BCUT2D eigenvalue weighted by atomic mass is 35.5. The third kappa shape index (κ3) is 5.78. The molecule has 1 unspecified atom stereocenters. The van der Waals surface area contributed by atoms with E-state index in [4.69, 9.17) is 32.5 Å². The van der Waals surface area contributed by atoms with E-state index in [2.05, 4.69) is 10.5 Å². The quantitative estimate of drug-likeness (QED) is 0.475. The second-order valence-corrected chi connectivity index (χ2v) is 10.0. The Kier molecular flexibility index (Phi) is 6.93. The van der Waals surface area contributed by atoms with Gasteiger partial charge in [-0.15, -0.1) is 0 Å². The van der Waals surface area contributed by atoms with Gasteiger partial charge in [-0.25, -0.2) is 13.2 Å². The van der Waals surface area contributed by atoms with Gasteiger partial charge >= 0.3 is 6.09 Å². The monoisotopic (exact) mass is 482 g/mol. The molecule has 10 heteroatoms. The van der Waals surface area contributed by atoms with Crippen molar-refractivity contribution in [3.05, 3.63) is 69.3 Å². The number of carbonyl (C=O) groups excluding carboxylic acids is 1. The van der Waals surface area contributed by atoms with Gasteiger partial charge in [0.1, 0.15) is 17.5 Å². The summed E-state index contributed by atoms with van der Waals surface area (Å²) >= 11 is 12.5. The molecule has 0 aliphatic carbocycles. The molecular formula is C21H20Cl2N2O5S. The Labute approximate surface area is 190 Å². The number of sulfone groups is 1. The molecule has 3 rings (SSSR count). The van der Waals surface area contributed by atoms with Crippen molar-refractivity contribution in [2.24, 2.45) is 0 Å². The first kappa shape index (κ1) is 23.1. The van der Waals surface area contributed by atoms with Gasteiger partial charge in [0.05, 0.1) is 10.8 Å². The van der Waals surface area contributed by atoms with E-state index in [1.165, 1.54) is 6.07 Å². The Bertz CT molecular complexity index is 1220. The van der Waals surface area contributed by atoms with Crippen molar-refractivity contribution in [3.63, 3.8) is 0 Å². The van der Waals surface area contributed by atoms with E-state index in [-0.39, 0.29) is 16.5 Å². The molecule has 3 aromatic rings. The van der Waals surface area contributed by atoms with Crippen LogP contribution in [0.1, 0.15) is 29.8 Å². The number of hydrogen-bond acceptors (Lipinski definition) is 6. The summed E-state index contributed by atoms with van der Waals surface area (Å²) in [5, 5.41) is 7.30. The van der Waals surface area contributed by atoms with Crippen molar-refractivity contribution in [1.29, 1.82) is 0 Å². The van der Waals surface area contributed by atoms with Crippen LogP contribution < -0.4 is 5.32 Å². The van der Waals surface area contributed by atoms with Gasteiger partial charge in [-0.1, -0.05) is 52.6 Å². The number of benzene rings is 2. The topological polar surface area (TPSA) is 98.5 Å². The molecule has 164 valence electrons. The molecular weight excluding hydrogens is 463 g/mol. The first-order valence-corrected chi connectivity index (χ1v) is 12.0. The lowest BCUT2D eigenvalue weighted by atomic mass is 10.1. The number of hydrogen-bond donors (Lipinski definition) is 1. The molecule has 0 aliphatic rings. The third-order valence-corrected chi connectivity index (χ3v) is 5.94. The zero-order valence-corrected chi connectivity index (χ0v) is 19.3. The Hall–Kier alpha value is -2.55. The summed E-state index contributed by atoms with van der Waals surface area (Å²) in [5.41, 5.74) is 2.39. The lowest BCUT2D eigenvalue weighted by molar-refractivity contribution is 0.121. The number of aromatic nitrogens is 1. The molecule has 0 saturated heterocycles. The number of anilines is 1. The Balaban J connectivity index is 1.81. The van der Waals surface area contributed by atoms with Crippen LogP contribution in [0.4, 0.5) is 10.5 Å². The van der Waals surface area contributed by atoms with E-state index < -0.39 is 22.0 Å². The average Bonchev–Trinajstić information content (AvgIpc) is 3.01. The van der Waals surface area contributed by atoms with Crippen LogP contribution in [0.5, 0.6) is 0 Å². The molecule has 1 amide bonds. The molecule has 31 heavy (non-hydrogen) atoms. The maximum absolute atomic E-state index is 12.5. The molecule has 0 aliphatic heterocycles. The normalized spacial score (nSPS) is 12.4. The van der Waals surface area contributed by atoms with Gasteiger partial charge in [-0.3, -0.25) is 5.32 Å². The number of ether oxygens (including phenoxy) is 1. The van der Waals surface area contributed by atoms with Crippen molar-refractivity contribution in [1.82, 2.24) is 5.16 Å². The zero-order chi connectivity index (χ0) is 22.8. The van der Waals surface area contributed by atoms with Crippen molar-refractivity contribution >= 4 is 44.8 Å². The van der Waals surface area contributed by atoms with Gasteiger partial charge in [0.15, 0.2) is 15.6 Å². The van der Waals surface area contributed by atoms with Crippen LogP contribution in [-0.2, 0) is 20.3 Å². The van der Waals surface area contributed by atoms with Gasteiger partial charge < -0.3 is 9.26 Å². The molecule has 0 fully saturated rings. The van der Waals surface area contributed by atoms with Gasteiger partial charge in [0, 0.05) is 22.4 Å². The highest BCUT2D eigenvalue weighted by Crippen LogP contribution is 2.36. The fourth-order valence-electron chi connectivity index (χ4n) is 3.00. The summed E-state index contributed by atoms with van der Waals surface area (Å²) in [7, 11) is -3.21. The predicted molar refractivity (Wildman–Crippen MR) is 120 cm³/mol. The Morgan fingerprint density at radius 3 is 2.55 bits per heavy atom. The molecule has 0 saturated carbocycles. The molecule has 2 aromatic carbocycles. The van der Waals surface area contributed by atoms with Gasteiger partial charge in [-0.2, -0.15) is 0 Å². The van der Waals surface area contributed by atoms with E-state index in [0.717, 1.165) is 6.26 Å². The number of aryl methyl sites for hydroxylation is 1. The van der Waals surface area contributed by atoms with Crippen LogP contribution in [0, 0.1) is 6.92 Å². The smallest absolute Gasteiger partial charge is 0.412 e. The Morgan fingerprint density at radius 1 is 1.19 bits per heavy atom. The van der Waals surface area contributed by atoms with Crippen LogP contribution in [0.15, 0.2) is 47.0 Å². The van der Waals surface area contributed by atoms with Crippen molar-refractivity contribution in [3.8, 4) is 11.3 Å². The second-order valence-electron chi connectivity index (χ2n) is 7.05. The van der Waals surface area contributed by atoms with Gasteiger partial charge in [0.25, 0.3) is 0 Å². The van der Waals surface area contributed by atoms with Crippen LogP contribution >= 0.6 is 23.2 Å². The van der Waals surface area contributed by atoms with Crippen LogP contribution in [0.25, 0.3) is 11.3 Å². The van der Waals surface area contributed by atoms with Crippen LogP contribution in [-0.4, -0.2) is 25.9 Å². The second kappa shape index (κ2) is 9.30. The van der Waals surface area contributed by atoms with Gasteiger partial charge in [0.2, 0.25) is 0 Å². The molecule has 7 nitrogen and oxygen atoms in total. The molecule has 1 heterocycles. The fourth-order valence-corrected chi connectivity index (χ4v) is 4.36. The van der Waals surface area contributed by atoms with Crippen molar-refractivity contribution in [2.45, 2.75) is 25.7 Å².